The molecule has 36 valence electrons. The van der Waals surface area contributed by atoms with Crippen LogP contribution < -0.4 is 35.3 Å². The van der Waals surface area contributed by atoms with E-state index in [1.165, 1.54) is 0 Å². The molecule has 1 nitrogen and oxygen atoms in total. The van der Waals surface area contributed by atoms with Gasteiger partial charge in [0.15, 0.2) is 0 Å². The van der Waals surface area contributed by atoms with E-state index in [-0.39, 0.29) is 29.6 Å². The first-order valence-corrected chi connectivity index (χ1v) is 2.11. The smallest absolute Gasteiger partial charge is 0.449 e. The zero-order chi connectivity index (χ0) is 5.11. The van der Waals surface area contributed by atoms with Crippen LogP contribution in [0.4, 0.5) is 5.69 Å². The molecule has 0 bridgehead atoms. The van der Waals surface area contributed by atoms with E-state index in [2.05, 4.69) is 6.07 Å². The Labute approximate surface area is 71.2 Å². The Bertz CT molecular complexity index is 138. The molecule has 0 fully saturated rings. The molecule has 0 heterocycles. The Morgan fingerprint density at radius 2 is 2.25 bits per heavy atom. The summed E-state index contributed by atoms with van der Waals surface area (Å²) in [7, 11) is 0. The van der Waals surface area contributed by atoms with Crippen LogP contribution in [0.2, 0.25) is 0 Å². The summed E-state index contributed by atoms with van der Waals surface area (Å²) in [4.78, 5) is 0. The number of anilines is 1. The maximum Gasteiger partial charge on any atom is 1.00 e. The average molecular weight is 115 g/mol. The average Bonchev–Trinajstić information content (AvgIpc) is 1.69. The molecule has 0 aliphatic carbocycles. The third-order valence-electron chi connectivity index (χ3n) is 0.731. The first-order chi connectivity index (χ1) is 3.39. The van der Waals surface area contributed by atoms with Crippen molar-refractivity contribution in [3.8, 4) is 0 Å². The second-order valence-electron chi connectivity index (χ2n) is 1.34. The molecule has 0 saturated carbocycles. The third-order valence-corrected chi connectivity index (χ3v) is 0.731. The largest absolute Gasteiger partial charge is 1.00 e. The third kappa shape index (κ3) is 2.36. The van der Waals surface area contributed by atoms with Crippen molar-refractivity contribution in [2.24, 2.45) is 0 Å². The Balaban J connectivity index is 0.000000490. The molecule has 0 aliphatic rings. The van der Waals surface area contributed by atoms with Gasteiger partial charge in [-0.15, -0.1) is 0 Å². The fraction of sp³-hybridized carbons (Fsp3) is 0. The van der Waals surface area contributed by atoms with Gasteiger partial charge in [0.1, 0.15) is 0 Å². The van der Waals surface area contributed by atoms with Gasteiger partial charge in [-0.3, -0.25) is 0 Å². The Kier molecular flexibility index (Phi) is 3.97. The van der Waals surface area contributed by atoms with E-state index >= 15 is 0 Å². The van der Waals surface area contributed by atoms with Crippen LogP contribution >= 0.6 is 0 Å². The van der Waals surface area contributed by atoms with Gasteiger partial charge in [-0.25, -0.2) is 0 Å². The molecule has 0 saturated heterocycles. The molecular formula is C6H6NNa. The molecule has 2 N–H and O–H groups in total. The number of benzene rings is 1. The Morgan fingerprint density at radius 1 is 1.50 bits per heavy atom. The predicted molar refractivity (Wildman–Crippen MR) is 29.7 cm³/mol. The molecule has 0 atom stereocenters. The number of nitrogen functional groups attached to an aromatic ring is 1. The molecule has 1 rings (SSSR count). The molecule has 1 aromatic rings. The van der Waals surface area contributed by atoms with Gasteiger partial charge in [-0.2, -0.15) is 30.3 Å². The van der Waals surface area contributed by atoms with E-state index in [1.807, 2.05) is 18.2 Å². The van der Waals surface area contributed by atoms with Crippen LogP contribution in [0.15, 0.2) is 24.3 Å². The van der Waals surface area contributed by atoms with Crippen LogP contribution in [-0.4, -0.2) is 0 Å². The first kappa shape index (κ1) is 8.02. The maximum atomic E-state index is 5.33. The Morgan fingerprint density at radius 3 is 2.50 bits per heavy atom. The summed E-state index contributed by atoms with van der Waals surface area (Å²) in [6.07, 6.45) is 0. The molecule has 0 aliphatic heterocycles. The van der Waals surface area contributed by atoms with Gasteiger partial charge in [0.25, 0.3) is 0 Å². The number of nitrogens with two attached hydrogens (primary N) is 1. The standard InChI is InChI=1S/C6H6N.Na/c7-6-4-2-1-3-5-6;/h1-2,4-5H,7H2;/q-1;+1. The molecule has 2 heteroatoms. The molecule has 1 aromatic carbocycles. The minimum absolute atomic E-state index is 0. The number of hydrogen-bond donors (Lipinski definition) is 1. The first-order valence-electron chi connectivity index (χ1n) is 2.11. The summed E-state index contributed by atoms with van der Waals surface area (Å²) >= 11 is 0. The molecule has 0 amide bonds. The van der Waals surface area contributed by atoms with Gasteiger partial charge in [0.05, 0.1) is 0 Å². The SMILES string of the molecule is Nc1c[c-]ccc1.[Na+]. The molecule has 0 spiro atoms. The number of hydrogen-bond acceptors (Lipinski definition) is 1. The second kappa shape index (κ2) is 3.96. The quantitative estimate of drug-likeness (QED) is 0.238. The van der Waals surface area contributed by atoms with Gasteiger partial charge < -0.3 is 5.73 Å². The van der Waals surface area contributed by atoms with E-state index in [1.54, 1.807) is 6.07 Å². The van der Waals surface area contributed by atoms with Crippen LogP contribution in [0.5, 0.6) is 0 Å². The van der Waals surface area contributed by atoms with Crippen LogP contribution in [0.3, 0.4) is 0 Å². The summed E-state index contributed by atoms with van der Waals surface area (Å²) < 4.78 is 0. The molecule has 0 radical (unpaired) electrons. The minimum Gasteiger partial charge on any atom is -0.449 e. The molecular weight excluding hydrogens is 109 g/mol. The van der Waals surface area contributed by atoms with Crippen LogP contribution in [-0.2, 0) is 0 Å². The van der Waals surface area contributed by atoms with Crippen molar-refractivity contribution in [3.05, 3.63) is 30.3 Å². The van der Waals surface area contributed by atoms with Crippen molar-refractivity contribution in [1.82, 2.24) is 0 Å². The van der Waals surface area contributed by atoms with Crippen molar-refractivity contribution in [2.45, 2.75) is 0 Å². The van der Waals surface area contributed by atoms with Gasteiger partial charge in [-0.05, 0) is 0 Å². The van der Waals surface area contributed by atoms with E-state index < -0.39 is 0 Å². The molecule has 0 unspecified atom stereocenters. The summed E-state index contributed by atoms with van der Waals surface area (Å²) in [6.45, 7) is 0. The van der Waals surface area contributed by atoms with Crippen molar-refractivity contribution >= 4 is 5.69 Å². The maximum absolute atomic E-state index is 5.33. The summed E-state index contributed by atoms with van der Waals surface area (Å²) in [5, 5.41) is 0. The van der Waals surface area contributed by atoms with E-state index in [0.29, 0.717) is 0 Å². The number of rotatable bonds is 0. The molecule has 0 aromatic heterocycles. The van der Waals surface area contributed by atoms with Gasteiger partial charge in [0, 0.05) is 0 Å². The van der Waals surface area contributed by atoms with Crippen molar-refractivity contribution in [2.75, 3.05) is 5.73 Å². The topological polar surface area (TPSA) is 26.0 Å². The monoisotopic (exact) mass is 115 g/mol. The van der Waals surface area contributed by atoms with Gasteiger partial charge in [-0.1, -0.05) is 5.69 Å². The molecule has 8 heavy (non-hydrogen) atoms. The summed E-state index contributed by atoms with van der Waals surface area (Å²) in [6, 6.07) is 10.1. The van der Waals surface area contributed by atoms with Gasteiger partial charge >= 0.3 is 29.6 Å². The normalized spacial score (nSPS) is 7.50. The zero-order valence-electron chi connectivity index (χ0n) is 4.89. The van der Waals surface area contributed by atoms with E-state index in [0.717, 1.165) is 5.69 Å². The predicted octanol–water partition coefficient (Wildman–Crippen LogP) is -1.93. The van der Waals surface area contributed by atoms with Crippen molar-refractivity contribution < 1.29 is 29.6 Å². The minimum atomic E-state index is 0. The zero-order valence-corrected chi connectivity index (χ0v) is 6.89. The second-order valence-corrected chi connectivity index (χ2v) is 1.34. The summed E-state index contributed by atoms with van der Waals surface area (Å²) in [5.41, 5.74) is 6.09. The van der Waals surface area contributed by atoms with Crippen molar-refractivity contribution in [3.63, 3.8) is 0 Å². The van der Waals surface area contributed by atoms with Crippen molar-refractivity contribution in [1.29, 1.82) is 0 Å². The van der Waals surface area contributed by atoms with Crippen LogP contribution in [0, 0.1) is 6.07 Å². The summed E-state index contributed by atoms with van der Waals surface area (Å²) in [5.74, 6) is 0. The fourth-order valence-corrected chi connectivity index (χ4v) is 0.407. The fourth-order valence-electron chi connectivity index (χ4n) is 0.407. The Hall–Kier alpha value is 0.0200. The van der Waals surface area contributed by atoms with Gasteiger partial charge in [0.2, 0.25) is 0 Å². The van der Waals surface area contributed by atoms with E-state index in [9.17, 15) is 0 Å². The van der Waals surface area contributed by atoms with Crippen LogP contribution in [0.1, 0.15) is 0 Å². The van der Waals surface area contributed by atoms with Crippen LogP contribution in [0.25, 0.3) is 0 Å². The van der Waals surface area contributed by atoms with E-state index in [4.69, 9.17) is 5.73 Å².